The highest BCUT2D eigenvalue weighted by Crippen LogP contribution is 2.41. The Morgan fingerprint density at radius 1 is 0.615 bits per heavy atom. The summed E-state index contributed by atoms with van der Waals surface area (Å²) >= 11 is 0. The average molecular weight is 367 g/mol. The van der Waals surface area contributed by atoms with Crippen LogP contribution in [0.1, 0.15) is 81.1 Å². The van der Waals surface area contributed by atoms with E-state index in [4.69, 9.17) is 11.5 Å². The van der Waals surface area contributed by atoms with E-state index in [0.29, 0.717) is 25.7 Å². The lowest BCUT2D eigenvalue weighted by molar-refractivity contribution is -0.173. The van der Waals surface area contributed by atoms with Crippen LogP contribution in [-0.2, 0) is 9.59 Å². The Kier molecular flexibility index (Phi) is 5.04. The lowest BCUT2D eigenvalue weighted by Crippen LogP contribution is -2.71. The predicted octanol–water partition coefficient (Wildman–Crippen LogP) is 2.00. The molecule has 2 aliphatic heterocycles. The molecular weight excluding hydrogens is 328 g/mol. The Bertz CT molecular complexity index is 507. The Hall–Kier alpha value is -1.14. The first-order chi connectivity index (χ1) is 11.5. The molecule has 2 heterocycles. The van der Waals surface area contributed by atoms with E-state index in [9.17, 15) is 9.59 Å². The molecule has 0 aliphatic carbocycles. The number of rotatable bonds is 0. The number of piperidine rings is 2. The van der Waals surface area contributed by atoms with E-state index >= 15 is 0 Å². The molecule has 0 aromatic rings. The fraction of sp³-hybridized carbons (Fsp3) is 0.900. The molecule has 6 heteroatoms. The van der Waals surface area contributed by atoms with Gasteiger partial charge in [-0.15, -0.1) is 0 Å². The summed E-state index contributed by atoms with van der Waals surface area (Å²) in [5.41, 5.74) is 10.6. The number of carbonyl (C=O) groups excluding carboxylic acids is 2. The predicted molar refractivity (Wildman–Crippen MR) is 104 cm³/mol. The third kappa shape index (κ3) is 3.63. The van der Waals surface area contributed by atoms with Gasteiger partial charge in [-0.2, -0.15) is 0 Å². The highest BCUT2D eigenvalue weighted by atomic mass is 16.2. The van der Waals surface area contributed by atoms with Gasteiger partial charge < -0.3 is 21.3 Å². The summed E-state index contributed by atoms with van der Waals surface area (Å²) in [5, 5.41) is 0. The van der Waals surface area contributed by atoms with E-state index in [1.54, 1.807) is 9.80 Å². The summed E-state index contributed by atoms with van der Waals surface area (Å²) in [4.78, 5) is 30.5. The number of hydrogen-bond donors (Lipinski definition) is 2. The summed E-state index contributed by atoms with van der Waals surface area (Å²) < 4.78 is 0. The van der Waals surface area contributed by atoms with Crippen LogP contribution in [0.25, 0.3) is 0 Å². The maximum Gasteiger partial charge on any atom is 0.313 e. The Morgan fingerprint density at radius 3 is 1.00 bits per heavy atom. The average Bonchev–Trinajstić information content (AvgIpc) is 2.30. The van der Waals surface area contributed by atoms with Gasteiger partial charge >= 0.3 is 11.8 Å². The van der Waals surface area contributed by atoms with Gasteiger partial charge in [-0.3, -0.25) is 9.59 Å². The Morgan fingerprint density at radius 2 is 0.808 bits per heavy atom. The van der Waals surface area contributed by atoms with E-state index < -0.39 is 34.0 Å². The lowest BCUT2D eigenvalue weighted by atomic mass is 9.75. The molecule has 26 heavy (non-hydrogen) atoms. The lowest BCUT2D eigenvalue weighted by Gasteiger charge is -2.57. The van der Waals surface area contributed by atoms with Crippen molar-refractivity contribution in [1.82, 2.24) is 9.80 Å². The van der Waals surface area contributed by atoms with E-state index in [0.717, 1.165) is 0 Å². The minimum Gasteiger partial charge on any atom is -0.328 e. The second-order valence-electron chi connectivity index (χ2n) is 10.9. The van der Waals surface area contributed by atoms with Crippen LogP contribution in [-0.4, -0.2) is 55.9 Å². The zero-order valence-corrected chi connectivity index (χ0v) is 17.8. The molecule has 150 valence electrons. The third-order valence-corrected chi connectivity index (χ3v) is 6.06. The van der Waals surface area contributed by atoms with Crippen molar-refractivity contribution in [2.75, 3.05) is 0 Å². The maximum atomic E-state index is 13.5. The summed E-state index contributed by atoms with van der Waals surface area (Å²) in [6, 6.07) is 0.0556. The quantitative estimate of drug-likeness (QED) is 0.641. The molecule has 2 saturated heterocycles. The molecule has 2 aliphatic rings. The highest BCUT2D eigenvalue weighted by molar-refractivity contribution is 6.35. The van der Waals surface area contributed by atoms with Gasteiger partial charge in [0.15, 0.2) is 0 Å². The molecule has 0 aromatic heterocycles. The van der Waals surface area contributed by atoms with E-state index in [1.165, 1.54) is 0 Å². The minimum atomic E-state index is -0.464. The van der Waals surface area contributed by atoms with Gasteiger partial charge in [0.25, 0.3) is 0 Å². The molecule has 0 bridgehead atoms. The number of likely N-dealkylation sites (tertiary alicyclic amines) is 2. The van der Waals surface area contributed by atoms with Crippen LogP contribution >= 0.6 is 0 Å². The first-order valence-corrected chi connectivity index (χ1v) is 9.71. The van der Waals surface area contributed by atoms with Gasteiger partial charge in [-0.25, -0.2) is 0 Å². The van der Waals surface area contributed by atoms with E-state index in [1.807, 2.05) is 55.4 Å². The van der Waals surface area contributed by atoms with Gasteiger partial charge in [0.2, 0.25) is 0 Å². The second-order valence-corrected chi connectivity index (χ2v) is 10.9. The van der Waals surface area contributed by atoms with Crippen molar-refractivity contribution in [2.45, 2.75) is 115 Å². The van der Waals surface area contributed by atoms with E-state index in [-0.39, 0.29) is 12.1 Å². The summed E-state index contributed by atoms with van der Waals surface area (Å²) in [6.45, 7) is 16.0. The largest absolute Gasteiger partial charge is 0.328 e. The van der Waals surface area contributed by atoms with Crippen LogP contribution in [0.4, 0.5) is 0 Å². The minimum absolute atomic E-state index is 0.0278. The molecule has 2 fully saturated rings. The van der Waals surface area contributed by atoms with Crippen molar-refractivity contribution in [2.24, 2.45) is 11.5 Å². The van der Waals surface area contributed by atoms with Crippen molar-refractivity contribution in [3.8, 4) is 0 Å². The van der Waals surface area contributed by atoms with Crippen LogP contribution < -0.4 is 11.5 Å². The van der Waals surface area contributed by atoms with Crippen molar-refractivity contribution in [1.29, 1.82) is 0 Å². The molecule has 2 rings (SSSR count). The van der Waals surface area contributed by atoms with Crippen LogP contribution in [0.15, 0.2) is 0 Å². The number of nitrogens with two attached hydrogens (primary N) is 2. The molecule has 4 N–H and O–H groups in total. The first-order valence-electron chi connectivity index (χ1n) is 9.71. The van der Waals surface area contributed by atoms with Gasteiger partial charge in [0.1, 0.15) is 0 Å². The number of carbonyl (C=O) groups is 2. The molecule has 0 radical (unpaired) electrons. The topological polar surface area (TPSA) is 92.7 Å². The molecular formula is C20H38N4O2. The van der Waals surface area contributed by atoms with Gasteiger partial charge in [0.05, 0.1) is 0 Å². The van der Waals surface area contributed by atoms with Crippen molar-refractivity contribution in [3.63, 3.8) is 0 Å². The fourth-order valence-electron chi connectivity index (χ4n) is 6.01. The van der Waals surface area contributed by atoms with Crippen molar-refractivity contribution < 1.29 is 9.59 Å². The van der Waals surface area contributed by atoms with Gasteiger partial charge in [-0.05, 0) is 81.1 Å². The molecule has 2 amide bonds. The summed E-state index contributed by atoms with van der Waals surface area (Å²) in [5.74, 6) is -0.855. The van der Waals surface area contributed by atoms with Crippen molar-refractivity contribution >= 4 is 11.8 Å². The first kappa shape index (κ1) is 21.2. The van der Waals surface area contributed by atoms with Gasteiger partial charge in [0, 0.05) is 34.2 Å². The third-order valence-electron chi connectivity index (χ3n) is 6.06. The molecule has 6 nitrogen and oxygen atoms in total. The van der Waals surface area contributed by atoms with Crippen molar-refractivity contribution in [3.05, 3.63) is 0 Å². The standard InChI is InChI=1S/C20H38N4O2/c1-17(2)9-13(21)10-18(3,4)23(17)15(25)16(26)24-19(5,6)11-14(22)12-20(24,7)8/h13-14H,9-12,21-22H2,1-8H3. The molecule has 0 spiro atoms. The summed E-state index contributed by atoms with van der Waals surface area (Å²) in [6.07, 6.45) is 2.75. The summed E-state index contributed by atoms with van der Waals surface area (Å²) in [7, 11) is 0. The monoisotopic (exact) mass is 366 g/mol. The SMILES string of the molecule is CC1(C)CC(N)CC(C)(C)N1C(=O)C(=O)N1C(C)(C)CC(N)CC1(C)C. The molecule has 0 saturated carbocycles. The second kappa shape index (κ2) is 6.20. The number of amides is 2. The number of hydrogen-bond acceptors (Lipinski definition) is 4. The van der Waals surface area contributed by atoms with Gasteiger partial charge in [-0.1, -0.05) is 0 Å². The van der Waals surface area contributed by atoms with Crippen LogP contribution in [0.2, 0.25) is 0 Å². The molecule has 0 aromatic carbocycles. The van der Waals surface area contributed by atoms with Crippen LogP contribution in [0.3, 0.4) is 0 Å². The van der Waals surface area contributed by atoms with Crippen LogP contribution in [0, 0.1) is 0 Å². The zero-order chi connectivity index (χ0) is 20.3. The highest BCUT2D eigenvalue weighted by Gasteiger charge is 2.53. The fourth-order valence-corrected chi connectivity index (χ4v) is 6.01. The van der Waals surface area contributed by atoms with Crippen LogP contribution in [0.5, 0.6) is 0 Å². The molecule has 0 unspecified atom stereocenters. The Balaban J connectivity index is 2.40. The number of nitrogens with zero attached hydrogens (tertiary/aromatic N) is 2. The molecule has 0 atom stereocenters. The normalized spacial score (nSPS) is 28.1. The van der Waals surface area contributed by atoms with E-state index in [2.05, 4.69) is 0 Å². The smallest absolute Gasteiger partial charge is 0.313 e. The Labute approximate surface area is 158 Å². The zero-order valence-electron chi connectivity index (χ0n) is 17.8. The maximum absolute atomic E-state index is 13.5.